The minimum Gasteiger partial charge on any atom is -0.342 e. The van der Waals surface area contributed by atoms with E-state index in [9.17, 15) is 9.59 Å². The van der Waals surface area contributed by atoms with Crippen molar-refractivity contribution in [3.8, 4) is 10.7 Å². The summed E-state index contributed by atoms with van der Waals surface area (Å²) >= 11 is 1.40. The highest BCUT2D eigenvalue weighted by Gasteiger charge is 2.32. The van der Waals surface area contributed by atoms with Gasteiger partial charge in [-0.2, -0.15) is 0 Å². The van der Waals surface area contributed by atoms with Crippen LogP contribution in [0.2, 0.25) is 0 Å². The summed E-state index contributed by atoms with van der Waals surface area (Å²) in [5, 5.41) is 0.774. The van der Waals surface area contributed by atoms with Crippen LogP contribution in [0.15, 0.2) is 24.4 Å². The van der Waals surface area contributed by atoms with Crippen LogP contribution in [0, 0.1) is 12.8 Å². The van der Waals surface area contributed by atoms with Crippen molar-refractivity contribution >= 4 is 23.2 Å². The lowest BCUT2D eigenvalue weighted by Crippen LogP contribution is -2.43. The van der Waals surface area contributed by atoms with Crippen LogP contribution in [0.25, 0.3) is 10.7 Å². The molecule has 2 saturated heterocycles. The Morgan fingerprint density at radius 3 is 2.48 bits per heavy atom. The number of piperidine rings is 1. The number of aromatic nitrogens is 2. The van der Waals surface area contributed by atoms with E-state index >= 15 is 0 Å². The summed E-state index contributed by atoms with van der Waals surface area (Å²) in [7, 11) is 0. The predicted molar refractivity (Wildman–Crippen MR) is 105 cm³/mol. The van der Waals surface area contributed by atoms with Gasteiger partial charge in [0.1, 0.15) is 9.88 Å². The zero-order chi connectivity index (χ0) is 18.8. The van der Waals surface area contributed by atoms with E-state index in [-0.39, 0.29) is 17.7 Å². The zero-order valence-electron chi connectivity index (χ0n) is 15.6. The minimum atomic E-state index is 0.0271. The molecule has 0 bridgehead atoms. The molecular formula is C20H24N4O2S. The standard InChI is InChI=1S/C20H24N4O2S/c1-14-17(27-18(22-14)16-6-2-3-9-21-16)20(26)24-12-7-15(8-13-24)19(25)23-10-4-5-11-23/h2-3,6,9,15H,4-5,7-8,10-13H2,1H3. The quantitative estimate of drug-likeness (QED) is 0.816. The minimum absolute atomic E-state index is 0.0271. The highest BCUT2D eigenvalue weighted by atomic mass is 32.1. The van der Waals surface area contributed by atoms with Gasteiger partial charge in [-0.25, -0.2) is 4.98 Å². The Balaban J connectivity index is 1.41. The van der Waals surface area contributed by atoms with Gasteiger partial charge < -0.3 is 9.80 Å². The highest BCUT2D eigenvalue weighted by molar-refractivity contribution is 7.17. The summed E-state index contributed by atoms with van der Waals surface area (Å²) in [6.07, 6.45) is 5.48. The SMILES string of the molecule is Cc1nc(-c2ccccn2)sc1C(=O)N1CCC(C(=O)N2CCCC2)CC1. The Kier molecular flexibility index (Phi) is 5.20. The Labute approximate surface area is 163 Å². The van der Waals surface area contributed by atoms with Crippen LogP contribution in [0.4, 0.5) is 0 Å². The van der Waals surface area contributed by atoms with Gasteiger partial charge in [-0.3, -0.25) is 14.6 Å². The van der Waals surface area contributed by atoms with E-state index in [1.165, 1.54) is 11.3 Å². The van der Waals surface area contributed by atoms with E-state index < -0.39 is 0 Å². The summed E-state index contributed by atoms with van der Waals surface area (Å²) in [5.41, 5.74) is 1.54. The Morgan fingerprint density at radius 1 is 1.07 bits per heavy atom. The highest BCUT2D eigenvalue weighted by Crippen LogP contribution is 2.29. The fourth-order valence-electron chi connectivity index (χ4n) is 3.86. The van der Waals surface area contributed by atoms with Gasteiger partial charge in [0.25, 0.3) is 5.91 Å². The Bertz CT molecular complexity index is 822. The molecule has 0 spiro atoms. The lowest BCUT2D eigenvalue weighted by atomic mass is 9.95. The van der Waals surface area contributed by atoms with E-state index in [1.54, 1.807) is 6.20 Å². The molecule has 7 heteroatoms. The lowest BCUT2D eigenvalue weighted by Gasteiger charge is -2.33. The fourth-order valence-corrected chi connectivity index (χ4v) is 4.87. The molecule has 0 aromatic carbocycles. The predicted octanol–water partition coefficient (Wildman–Crippen LogP) is 2.99. The molecule has 0 saturated carbocycles. The Morgan fingerprint density at radius 2 is 1.81 bits per heavy atom. The van der Waals surface area contributed by atoms with Gasteiger partial charge in [0.2, 0.25) is 5.91 Å². The Hall–Kier alpha value is -2.28. The number of carbonyl (C=O) groups excluding carboxylic acids is 2. The van der Waals surface area contributed by atoms with Gasteiger partial charge in [-0.05, 0) is 44.7 Å². The second-order valence-corrected chi connectivity index (χ2v) is 8.25. The van der Waals surface area contributed by atoms with Crippen molar-refractivity contribution in [3.63, 3.8) is 0 Å². The van der Waals surface area contributed by atoms with Gasteiger partial charge in [0.05, 0.1) is 11.4 Å². The van der Waals surface area contributed by atoms with Crippen LogP contribution >= 0.6 is 11.3 Å². The average Bonchev–Trinajstić information content (AvgIpc) is 3.38. The van der Waals surface area contributed by atoms with E-state index in [0.717, 1.165) is 55.2 Å². The van der Waals surface area contributed by atoms with Crippen molar-refractivity contribution in [1.29, 1.82) is 0 Å². The van der Waals surface area contributed by atoms with Crippen molar-refractivity contribution in [1.82, 2.24) is 19.8 Å². The van der Waals surface area contributed by atoms with Crippen LogP contribution in [0.5, 0.6) is 0 Å². The maximum absolute atomic E-state index is 13.0. The van der Waals surface area contributed by atoms with Crippen molar-refractivity contribution in [2.75, 3.05) is 26.2 Å². The first kappa shape index (κ1) is 18.1. The van der Waals surface area contributed by atoms with Crippen LogP contribution in [-0.2, 0) is 4.79 Å². The molecule has 2 aromatic heterocycles. The van der Waals surface area contributed by atoms with Gasteiger partial charge >= 0.3 is 0 Å². The fraction of sp³-hybridized carbons (Fsp3) is 0.500. The number of hydrogen-bond acceptors (Lipinski definition) is 5. The van der Waals surface area contributed by atoms with Crippen LogP contribution in [0.1, 0.15) is 41.0 Å². The maximum Gasteiger partial charge on any atom is 0.265 e. The van der Waals surface area contributed by atoms with Crippen LogP contribution < -0.4 is 0 Å². The van der Waals surface area contributed by atoms with Crippen LogP contribution in [-0.4, -0.2) is 57.8 Å². The lowest BCUT2D eigenvalue weighted by molar-refractivity contribution is -0.135. The smallest absolute Gasteiger partial charge is 0.265 e. The van der Waals surface area contributed by atoms with Crippen LogP contribution in [0.3, 0.4) is 0 Å². The van der Waals surface area contributed by atoms with E-state index in [0.29, 0.717) is 18.0 Å². The third-order valence-electron chi connectivity index (χ3n) is 5.42. The number of thiazole rings is 1. The van der Waals surface area contributed by atoms with Gasteiger partial charge in [0.15, 0.2) is 0 Å². The molecule has 2 fully saturated rings. The molecule has 0 unspecified atom stereocenters. The molecule has 2 aliphatic rings. The molecule has 0 N–H and O–H groups in total. The van der Waals surface area contributed by atoms with Gasteiger partial charge in [-0.1, -0.05) is 6.07 Å². The third kappa shape index (κ3) is 3.74. The molecular weight excluding hydrogens is 360 g/mol. The monoisotopic (exact) mass is 384 g/mol. The van der Waals surface area contributed by atoms with Gasteiger partial charge in [0, 0.05) is 38.3 Å². The number of pyridine rings is 1. The largest absolute Gasteiger partial charge is 0.342 e. The molecule has 4 rings (SSSR count). The topological polar surface area (TPSA) is 66.4 Å². The first-order valence-corrected chi connectivity index (χ1v) is 10.4. The second-order valence-electron chi connectivity index (χ2n) is 7.25. The molecule has 4 heterocycles. The van der Waals surface area contributed by atoms with Crippen molar-refractivity contribution in [2.45, 2.75) is 32.6 Å². The number of carbonyl (C=O) groups is 2. The number of aryl methyl sites for hydroxylation is 1. The number of rotatable bonds is 3. The molecule has 2 aliphatic heterocycles. The van der Waals surface area contributed by atoms with Crippen molar-refractivity contribution in [3.05, 3.63) is 35.0 Å². The zero-order valence-corrected chi connectivity index (χ0v) is 16.4. The number of likely N-dealkylation sites (tertiary alicyclic amines) is 2. The molecule has 142 valence electrons. The van der Waals surface area contributed by atoms with E-state index in [4.69, 9.17) is 0 Å². The first-order chi connectivity index (χ1) is 13.1. The molecule has 6 nitrogen and oxygen atoms in total. The maximum atomic E-state index is 13.0. The molecule has 0 aliphatic carbocycles. The number of amides is 2. The average molecular weight is 385 g/mol. The molecule has 27 heavy (non-hydrogen) atoms. The van der Waals surface area contributed by atoms with E-state index in [1.807, 2.05) is 34.9 Å². The third-order valence-corrected chi connectivity index (χ3v) is 6.59. The normalized spacial score (nSPS) is 18.1. The molecule has 0 atom stereocenters. The molecule has 0 radical (unpaired) electrons. The summed E-state index contributed by atoms with van der Waals surface area (Å²) in [5.74, 6) is 0.379. The first-order valence-electron chi connectivity index (χ1n) is 9.60. The number of hydrogen-bond donors (Lipinski definition) is 0. The molecule has 2 aromatic rings. The van der Waals surface area contributed by atoms with Crippen molar-refractivity contribution in [2.24, 2.45) is 5.92 Å². The molecule has 2 amide bonds. The summed E-state index contributed by atoms with van der Waals surface area (Å²) in [6, 6.07) is 5.69. The number of nitrogens with zero attached hydrogens (tertiary/aromatic N) is 4. The summed E-state index contributed by atoms with van der Waals surface area (Å²) in [6.45, 7) is 4.95. The summed E-state index contributed by atoms with van der Waals surface area (Å²) < 4.78 is 0. The van der Waals surface area contributed by atoms with E-state index in [2.05, 4.69) is 9.97 Å². The summed E-state index contributed by atoms with van der Waals surface area (Å²) in [4.78, 5) is 39.0. The van der Waals surface area contributed by atoms with Crippen molar-refractivity contribution < 1.29 is 9.59 Å². The second kappa shape index (κ2) is 7.76. The van der Waals surface area contributed by atoms with Gasteiger partial charge in [-0.15, -0.1) is 11.3 Å².